The Morgan fingerprint density at radius 2 is 1.58 bits per heavy atom. The van der Waals surface area contributed by atoms with Crippen molar-refractivity contribution in [3.05, 3.63) is 89.5 Å². The Labute approximate surface area is 157 Å². The van der Waals surface area contributed by atoms with Crippen LogP contribution in [0.1, 0.15) is 36.0 Å². The summed E-state index contributed by atoms with van der Waals surface area (Å²) in [5, 5.41) is 0. The lowest BCUT2D eigenvalue weighted by Crippen LogP contribution is -2.17. The number of anilines is 1. The number of benzene rings is 3. The van der Waals surface area contributed by atoms with Gasteiger partial charge in [0.25, 0.3) is 0 Å². The van der Waals surface area contributed by atoms with E-state index in [1.54, 1.807) is 0 Å². The zero-order chi connectivity index (χ0) is 18.1. The maximum Gasteiger partial charge on any atom is 0.0361 e. The van der Waals surface area contributed by atoms with Crippen LogP contribution in [0.5, 0.6) is 0 Å². The molecule has 0 spiro atoms. The number of hydrogen-bond acceptors (Lipinski definition) is 1. The normalized spacial score (nSPS) is 19.0. The summed E-state index contributed by atoms with van der Waals surface area (Å²) in [6.45, 7) is 2.38. The summed E-state index contributed by atoms with van der Waals surface area (Å²) in [4.78, 5) is 2.14. The second-order valence-corrected chi connectivity index (χ2v) is 7.86. The highest BCUT2D eigenvalue weighted by atomic mass is 15.1. The van der Waals surface area contributed by atoms with Gasteiger partial charge in [0, 0.05) is 25.7 Å². The molecule has 3 aromatic rings. The summed E-state index contributed by atoms with van der Waals surface area (Å²) in [6, 6.07) is 27.0. The quantitative estimate of drug-likeness (QED) is 0.553. The fraction of sp³-hybridized carbons (Fsp3) is 0.280. The SMILES string of the molecule is C[C@H]1Cc2ccccc2[C@@H](c2cccc(-c3ccc(N(C)C)cc3)c2)C1. The summed E-state index contributed by atoms with van der Waals surface area (Å²) < 4.78 is 0. The molecule has 26 heavy (non-hydrogen) atoms. The molecule has 1 aliphatic carbocycles. The summed E-state index contributed by atoms with van der Waals surface area (Å²) in [5.74, 6) is 1.24. The van der Waals surface area contributed by atoms with Gasteiger partial charge in [-0.25, -0.2) is 0 Å². The molecule has 1 heteroatoms. The Bertz CT molecular complexity index is 892. The molecule has 0 aromatic heterocycles. The van der Waals surface area contributed by atoms with Gasteiger partial charge in [-0.2, -0.15) is 0 Å². The van der Waals surface area contributed by atoms with Crippen LogP contribution < -0.4 is 4.90 Å². The van der Waals surface area contributed by atoms with Gasteiger partial charge in [-0.15, -0.1) is 0 Å². The monoisotopic (exact) mass is 341 g/mol. The average Bonchev–Trinajstić information content (AvgIpc) is 2.67. The van der Waals surface area contributed by atoms with E-state index in [2.05, 4.69) is 98.7 Å². The first-order valence-corrected chi connectivity index (χ1v) is 9.57. The number of nitrogens with zero attached hydrogens (tertiary/aromatic N) is 1. The van der Waals surface area contributed by atoms with Gasteiger partial charge in [-0.1, -0.05) is 67.6 Å². The van der Waals surface area contributed by atoms with Crippen molar-refractivity contribution in [2.45, 2.75) is 25.7 Å². The minimum absolute atomic E-state index is 0.510. The number of rotatable bonds is 3. The van der Waals surface area contributed by atoms with Gasteiger partial charge >= 0.3 is 0 Å². The van der Waals surface area contributed by atoms with Gasteiger partial charge in [-0.3, -0.25) is 0 Å². The third-order valence-electron chi connectivity index (χ3n) is 5.64. The van der Waals surface area contributed by atoms with Crippen LogP contribution in [0.2, 0.25) is 0 Å². The van der Waals surface area contributed by atoms with Gasteiger partial charge in [0.05, 0.1) is 0 Å². The number of fused-ring (bicyclic) bond motifs is 1. The van der Waals surface area contributed by atoms with E-state index in [0.717, 1.165) is 5.92 Å². The van der Waals surface area contributed by atoms with Crippen molar-refractivity contribution in [1.29, 1.82) is 0 Å². The first-order chi connectivity index (χ1) is 12.6. The van der Waals surface area contributed by atoms with Crippen LogP contribution in [-0.4, -0.2) is 14.1 Å². The van der Waals surface area contributed by atoms with E-state index in [1.165, 1.54) is 46.3 Å². The maximum absolute atomic E-state index is 2.39. The van der Waals surface area contributed by atoms with Crippen LogP contribution in [0.15, 0.2) is 72.8 Å². The van der Waals surface area contributed by atoms with Gasteiger partial charge < -0.3 is 4.90 Å². The van der Waals surface area contributed by atoms with Crippen LogP contribution in [0.25, 0.3) is 11.1 Å². The van der Waals surface area contributed by atoms with Crippen LogP contribution >= 0.6 is 0 Å². The molecule has 1 nitrogen and oxygen atoms in total. The van der Waals surface area contributed by atoms with Crippen molar-refractivity contribution in [3.8, 4) is 11.1 Å². The molecule has 0 heterocycles. The molecule has 0 N–H and O–H groups in total. The molecule has 132 valence electrons. The Kier molecular flexibility index (Phi) is 4.55. The fourth-order valence-corrected chi connectivity index (χ4v) is 4.25. The van der Waals surface area contributed by atoms with E-state index in [-0.39, 0.29) is 0 Å². The first-order valence-electron chi connectivity index (χ1n) is 9.57. The van der Waals surface area contributed by atoms with Gasteiger partial charge in [0.2, 0.25) is 0 Å². The van der Waals surface area contributed by atoms with Crippen molar-refractivity contribution >= 4 is 5.69 Å². The molecule has 1 aliphatic rings. The minimum atomic E-state index is 0.510. The highest BCUT2D eigenvalue weighted by Crippen LogP contribution is 2.40. The van der Waals surface area contributed by atoms with Crippen molar-refractivity contribution < 1.29 is 0 Å². The molecule has 2 atom stereocenters. The largest absolute Gasteiger partial charge is 0.378 e. The highest BCUT2D eigenvalue weighted by Gasteiger charge is 2.25. The van der Waals surface area contributed by atoms with Crippen LogP contribution in [0.4, 0.5) is 5.69 Å². The molecule has 4 rings (SSSR count). The first kappa shape index (κ1) is 16.9. The van der Waals surface area contributed by atoms with E-state index in [4.69, 9.17) is 0 Å². The van der Waals surface area contributed by atoms with Gasteiger partial charge in [0.1, 0.15) is 0 Å². The molecule has 0 radical (unpaired) electrons. The van der Waals surface area contributed by atoms with Crippen LogP contribution in [-0.2, 0) is 6.42 Å². The molecule has 0 saturated carbocycles. The highest BCUT2D eigenvalue weighted by molar-refractivity contribution is 5.67. The molecule has 0 bridgehead atoms. The maximum atomic E-state index is 2.39. The summed E-state index contributed by atoms with van der Waals surface area (Å²) >= 11 is 0. The smallest absolute Gasteiger partial charge is 0.0361 e. The Balaban J connectivity index is 1.70. The lowest BCUT2D eigenvalue weighted by molar-refractivity contribution is 0.464. The van der Waals surface area contributed by atoms with E-state index in [1.807, 2.05) is 0 Å². The second kappa shape index (κ2) is 6.99. The summed E-state index contributed by atoms with van der Waals surface area (Å²) in [7, 11) is 4.16. The molecule has 0 unspecified atom stereocenters. The van der Waals surface area contributed by atoms with Crippen molar-refractivity contribution in [2.24, 2.45) is 5.92 Å². The van der Waals surface area contributed by atoms with Crippen LogP contribution in [0, 0.1) is 5.92 Å². The Morgan fingerprint density at radius 3 is 2.35 bits per heavy atom. The molecular formula is C25H27N. The van der Waals surface area contributed by atoms with Crippen LogP contribution in [0.3, 0.4) is 0 Å². The predicted octanol–water partition coefficient (Wildman–Crippen LogP) is 6.13. The van der Waals surface area contributed by atoms with E-state index in [0.29, 0.717) is 5.92 Å². The minimum Gasteiger partial charge on any atom is -0.378 e. The molecule has 0 saturated heterocycles. The van der Waals surface area contributed by atoms with E-state index in [9.17, 15) is 0 Å². The fourth-order valence-electron chi connectivity index (χ4n) is 4.25. The van der Waals surface area contributed by atoms with Crippen molar-refractivity contribution in [2.75, 3.05) is 19.0 Å². The molecule has 3 aromatic carbocycles. The van der Waals surface area contributed by atoms with Crippen molar-refractivity contribution in [1.82, 2.24) is 0 Å². The lowest BCUT2D eigenvalue weighted by atomic mass is 9.74. The molecule has 0 amide bonds. The summed E-state index contributed by atoms with van der Waals surface area (Å²) in [6.07, 6.45) is 2.44. The second-order valence-electron chi connectivity index (χ2n) is 7.86. The predicted molar refractivity (Wildman–Crippen MR) is 112 cm³/mol. The molecule has 0 fully saturated rings. The summed E-state index contributed by atoms with van der Waals surface area (Å²) in [5.41, 5.74) is 8.32. The third kappa shape index (κ3) is 3.26. The van der Waals surface area contributed by atoms with Gasteiger partial charge in [-0.05, 0) is 58.7 Å². The topological polar surface area (TPSA) is 3.24 Å². The zero-order valence-electron chi connectivity index (χ0n) is 15.9. The molecule has 0 aliphatic heterocycles. The lowest BCUT2D eigenvalue weighted by Gasteiger charge is -2.30. The van der Waals surface area contributed by atoms with Gasteiger partial charge in [0.15, 0.2) is 0 Å². The standard InChI is InChI=1S/C25H27N/c1-18-15-21-7-4-5-10-24(21)25(16-18)22-9-6-8-20(17-22)19-11-13-23(14-12-19)26(2)3/h4-14,17-18,25H,15-16H2,1-3H3/t18-,25+/m0/s1. The third-order valence-corrected chi connectivity index (χ3v) is 5.64. The van der Waals surface area contributed by atoms with E-state index >= 15 is 0 Å². The Morgan fingerprint density at radius 1 is 0.808 bits per heavy atom. The Hall–Kier alpha value is -2.54. The zero-order valence-corrected chi connectivity index (χ0v) is 15.9. The molecular weight excluding hydrogens is 314 g/mol. The van der Waals surface area contributed by atoms with E-state index < -0.39 is 0 Å². The average molecular weight is 341 g/mol. The van der Waals surface area contributed by atoms with Crippen molar-refractivity contribution in [3.63, 3.8) is 0 Å². The number of hydrogen-bond donors (Lipinski definition) is 0.